The summed E-state index contributed by atoms with van der Waals surface area (Å²) < 4.78 is 22.9. The predicted molar refractivity (Wildman–Crippen MR) is 141 cm³/mol. The molecule has 12 heteroatoms. The molecular formula is C29H28O12. The number of hydrogen-bond donors (Lipinski definition) is 7. The van der Waals surface area contributed by atoms with Gasteiger partial charge in [0, 0.05) is 23.8 Å². The van der Waals surface area contributed by atoms with Crippen LogP contribution in [0.25, 0.3) is 6.08 Å². The molecule has 3 aromatic carbocycles. The number of hydrogen-bond acceptors (Lipinski definition) is 12. The van der Waals surface area contributed by atoms with Crippen LogP contribution < -0.4 is 9.47 Å². The summed E-state index contributed by atoms with van der Waals surface area (Å²) in [5.74, 6) is -1.90. The lowest BCUT2D eigenvalue weighted by molar-refractivity contribution is -0.249. The normalized spacial score (nSPS) is 23.9. The molecule has 1 saturated heterocycles. The van der Waals surface area contributed by atoms with Crippen molar-refractivity contribution in [3.63, 3.8) is 0 Å². The van der Waals surface area contributed by atoms with Gasteiger partial charge in [-0.2, -0.15) is 0 Å². The topological polar surface area (TPSA) is 196 Å². The van der Waals surface area contributed by atoms with E-state index in [1.54, 1.807) is 6.07 Å². The molecule has 0 aromatic heterocycles. The Morgan fingerprint density at radius 2 is 1.63 bits per heavy atom. The van der Waals surface area contributed by atoms with E-state index in [1.807, 2.05) is 0 Å². The van der Waals surface area contributed by atoms with Gasteiger partial charge in [-0.25, -0.2) is 4.79 Å². The molecule has 2 aliphatic heterocycles. The fraction of sp³-hybridized carbons (Fsp3) is 0.276. The number of esters is 1. The third-order valence-corrected chi connectivity index (χ3v) is 6.79. The number of carbonyl (C=O) groups excluding carboxylic acids is 1. The van der Waals surface area contributed by atoms with Gasteiger partial charge in [0.2, 0.25) is 6.29 Å². The Balaban J connectivity index is 1.33. The molecule has 0 unspecified atom stereocenters. The van der Waals surface area contributed by atoms with Gasteiger partial charge < -0.3 is 54.7 Å². The second kappa shape index (κ2) is 11.5. The van der Waals surface area contributed by atoms with Crippen molar-refractivity contribution in [2.45, 2.75) is 43.5 Å². The Morgan fingerprint density at radius 1 is 0.902 bits per heavy atom. The number of carbonyl (C=O) groups is 1. The van der Waals surface area contributed by atoms with Crippen molar-refractivity contribution in [2.75, 3.05) is 6.61 Å². The summed E-state index contributed by atoms with van der Waals surface area (Å²) in [4.78, 5) is 12.6. The maximum atomic E-state index is 12.6. The summed E-state index contributed by atoms with van der Waals surface area (Å²) in [7, 11) is 0. The average molecular weight is 569 g/mol. The summed E-state index contributed by atoms with van der Waals surface area (Å²) in [5.41, 5.74) is 1.58. The Morgan fingerprint density at radius 3 is 2.37 bits per heavy atom. The van der Waals surface area contributed by atoms with E-state index < -0.39 is 36.7 Å². The lowest BCUT2D eigenvalue weighted by Crippen LogP contribution is -2.56. The smallest absolute Gasteiger partial charge is 0.331 e. The number of aliphatic hydroxyl groups excluding tert-OH is 2. The molecule has 0 aliphatic carbocycles. The molecule has 2 aliphatic rings. The number of phenolic OH excluding ortho intramolecular Hbond substituents is 5. The van der Waals surface area contributed by atoms with Crippen LogP contribution in [0.15, 0.2) is 54.6 Å². The highest BCUT2D eigenvalue weighted by Crippen LogP contribution is 2.44. The van der Waals surface area contributed by atoms with Gasteiger partial charge in [0.1, 0.15) is 35.6 Å². The highest BCUT2D eigenvalue weighted by Gasteiger charge is 2.43. The van der Waals surface area contributed by atoms with Crippen molar-refractivity contribution < 1.29 is 59.5 Å². The van der Waals surface area contributed by atoms with Gasteiger partial charge in [-0.05, 0) is 54.3 Å². The monoisotopic (exact) mass is 568 g/mol. The quantitative estimate of drug-likeness (QED) is 0.130. The van der Waals surface area contributed by atoms with Gasteiger partial charge in [-0.1, -0.05) is 12.1 Å². The van der Waals surface area contributed by atoms with E-state index >= 15 is 0 Å². The third-order valence-electron chi connectivity index (χ3n) is 6.79. The number of ether oxygens (including phenoxy) is 4. The SMILES string of the molecule is O=C(C=Cc1ccc(O)c(O)c1)O[C@@H]1[C@@H](Oc2cc(O)cc3c2CC[C@@H](c2ccc(O)c(O)c2)O3)OC[C@H](O)[C@H]1O. The van der Waals surface area contributed by atoms with E-state index in [9.17, 15) is 40.5 Å². The van der Waals surface area contributed by atoms with Crippen molar-refractivity contribution in [2.24, 2.45) is 0 Å². The summed E-state index contributed by atoms with van der Waals surface area (Å²) in [6, 6.07) is 11.0. The van der Waals surface area contributed by atoms with Crippen LogP contribution in [0, 0.1) is 0 Å². The van der Waals surface area contributed by atoms with Gasteiger partial charge in [0.05, 0.1) is 6.61 Å². The van der Waals surface area contributed by atoms with Crippen LogP contribution in [0.1, 0.15) is 29.2 Å². The van der Waals surface area contributed by atoms with Crippen LogP contribution in [0.3, 0.4) is 0 Å². The molecule has 5 rings (SSSR count). The number of phenols is 5. The molecule has 12 nitrogen and oxygen atoms in total. The van der Waals surface area contributed by atoms with E-state index in [0.29, 0.717) is 35.3 Å². The molecule has 7 N–H and O–H groups in total. The molecule has 5 atom stereocenters. The van der Waals surface area contributed by atoms with Crippen LogP contribution in [0.4, 0.5) is 0 Å². The van der Waals surface area contributed by atoms with E-state index in [-0.39, 0.29) is 41.1 Å². The molecule has 0 bridgehead atoms. The highest BCUT2D eigenvalue weighted by atomic mass is 16.7. The van der Waals surface area contributed by atoms with Crippen LogP contribution in [-0.2, 0) is 20.7 Å². The molecule has 2 heterocycles. The molecule has 0 saturated carbocycles. The zero-order chi connectivity index (χ0) is 29.3. The van der Waals surface area contributed by atoms with Crippen LogP contribution in [0.5, 0.6) is 40.2 Å². The first-order valence-electron chi connectivity index (χ1n) is 12.7. The van der Waals surface area contributed by atoms with E-state index in [2.05, 4.69) is 0 Å². The number of fused-ring (bicyclic) bond motifs is 1. The fourth-order valence-electron chi connectivity index (χ4n) is 4.63. The fourth-order valence-corrected chi connectivity index (χ4v) is 4.63. The maximum absolute atomic E-state index is 12.6. The first-order valence-corrected chi connectivity index (χ1v) is 12.7. The Kier molecular flexibility index (Phi) is 7.79. The molecule has 0 spiro atoms. The van der Waals surface area contributed by atoms with Crippen molar-refractivity contribution >= 4 is 12.0 Å². The largest absolute Gasteiger partial charge is 0.508 e. The van der Waals surface area contributed by atoms with Crippen LogP contribution in [0.2, 0.25) is 0 Å². The molecular weight excluding hydrogens is 540 g/mol. The lowest BCUT2D eigenvalue weighted by atomic mass is 9.96. The van der Waals surface area contributed by atoms with Crippen molar-refractivity contribution in [3.05, 3.63) is 71.3 Å². The van der Waals surface area contributed by atoms with E-state index in [4.69, 9.17) is 18.9 Å². The minimum atomic E-state index is -1.56. The third kappa shape index (κ3) is 6.09. The van der Waals surface area contributed by atoms with Crippen molar-refractivity contribution in [1.29, 1.82) is 0 Å². The first kappa shape index (κ1) is 27.9. The predicted octanol–water partition coefficient (Wildman–Crippen LogP) is 2.36. The molecule has 0 amide bonds. The Bertz CT molecular complexity index is 1470. The van der Waals surface area contributed by atoms with E-state index in [0.717, 1.165) is 6.08 Å². The number of aliphatic hydroxyl groups is 2. The molecule has 3 aromatic rings. The van der Waals surface area contributed by atoms with Gasteiger partial charge in [-0.3, -0.25) is 0 Å². The van der Waals surface area contributed by atoms with Gasteiger partial charge in [0.15, 0.2) is 29.1 Å². The van der Waals surface area contributed by atoms with E-state index in [1.165, 1.54) is 48.5 Å². The zero-order valence-corrected chi connectivity index (χ0v) is 21.5. The van der Waals surface area contributed by atoms with Gasteiger partial charge >= 0.3 is 5.97 Å². The Hall–Kier alpha value is -4.65. The standard InChI is InChI=1S/C29H28O12/c30-16-11-24-17(4-7-23(39-24)15-3-6-19(32)21(34)10-15)25(12-16)40-29-28(27(37)22(35)13-38-29)41-26(36)8-2-14-1-5-18(31)20(33)9-14/h1-3,5-6,8-12,22-23,27-35,37H,4,7,13H2/t22-,23-,27+,28-,29+/m0/s1. The molecule has 41 heavy (non-hydrogen) atoms. The average Bonchev–Trinajstić information content (AvgIpc) is 2.94. The molecule has 1 fully saturated rings. The molecule has 216 valence electrons. The van der Waals surface area contributed by atoms with Gasteiger partial charge in [0.25, 0.3) is 0 Å². The second-order valence-electron chi connectivity index (χ2n) is 9.67. The van der Waals surface area contributed by atoms with Crippen molar-refractivity contribution in [1.82, 2.24) is 0 Å². The maximum Gasteiger partial charge on any atom is 0.331 e. The summed E-state index contributed by atoms with van der Waals surface area (Å²) in [6.07, 6.45) is -3.00. The zero-order valence-electron chi connectivity index (χ0n) is 21.5. The minimum absolute atomic E-state index is 0.150. The number of benzene rings is 3. The highest BCUT2D eigenvalue weighted by molar-refractivity contribution is 5.87. The summed E-state index contributed by atoms with van der Waals surface area (Å²) in [5, 5.41) is 69.6. The Labute approximate surface area is 233 Å². The van der Waals surface area contributed by atoms with Crippen LogP contribution in [-0.4, -0.2) is 72.9 Å². The summed E-state index contributed by atoms with van der Waals surface area (Å²) in [6.45, 7) is -0.313. The first-order chi connectivity index (χ1) is 19.6. The van der Waals surface area contributed by atoms with Crippen molar-refractivity contribution in [3.8, 4) is 40.2 Å². The van der Waals surface area contributed by atoms with Crippen LogP contribution >= 0.6 is 0 Å². The van der Waals surface area contributed by atoms with Gasteiger partial charge in [-0.15, -0.1) is 0 Å². The summed E-state index contributed by atoms with van der Waals surface area (Å²) >= 11 is 0. The second-order valence-corrected chi connectivity index (χ2v) is 9.67. The molecule has 0 radical (unpaired) electrons. The number of rotatable bonds is 6. The number of aromatic hydroxyl groups is 5. The lowest BCUT2D eigenvalue weighted by Gasteiger charge is -2.37. The minimum Gasteiger partial charge on any atom is -0.508 e.